The number of esters is 1. The number of H-pyrrole nitrogens is 1. The van der Waals surface area contributed by atoms with E-state index in [-0.39, 0.29) is 5.69 Å². The highest BCUT2D eigenvalue weighted by Crippen LogP contribution is 2.30. The summed E-state index contributed by atoms with van der Waals surface area (Å²) < 4.78 is 41.8. The van der Waals surface area contributed by atoms with Gasteiger partial charge < -0.3 is 9.72 Å². The molecule has 0 spiro atoms. The van der Waals surface area contributed by atoms with Crippen LogP contribution in [0.5, 0.6) is 0 Å². The summed E-state index contributed by atoms with van der Waals surface area (Å²) in [5.74, 6) is -0.529. The van der Waals surface area contributed by atoms with E-state index < -0.39 is 17.7 Å². The van der Waals surface area contributed by atoms with E-state index in [1.807, 2.05) is 0 Å². The summed E-state index contributed by atoms with van der Waals surface area (Å²) in [4.78, 5) is 14.0. The Morgan fingerprint density at radius 3 is 2.26 bits per heavy atom. The van der Waals surface area contributed by atoms with E-state index in [1.165, 1.54) is 25.3 Å². The van der Waals surface area contributed by atoms with Gasteiger partial charge in [0.25, 0.3) is 0 Å². The first-order valence-electron chi connectivity index (χ1n) is 5.37. The van der Waals surface area contributed by atoms with Crippen LogP contribution < -0.4 is 0 Å². The maximum absolute atomic E-state index is 12.4. The lowest BCUT2D eigenvalue weighted by molar-refractivity contribution is -0.137. The molecule has 6 heteroatoms. The molecule has 0 saturated carbocycles. The molecule has 0 atom stereocenters. The second kappa shape index (κ2) is 4.79. The van der Waals surface area contributed by atoms with Crippen molar-refractivity contribution >= 4 is 5.97 Å². The summed E-state index contributed by atoms with van der Waals surface area (Å²) in [5, 5.41) is 0. The number of benzene rings is 1. The van der Waals surface area contributed by atoms with Gasteiger partial charge in [0.15, 0.2) is 0 Å². The minimum atomic E-state index is -4.36. The van der Waals surface area contributed by atoms with Gasteiger partial charge in [-0.1, -0.05) is 12.1 Å². The zero-order valence-electron chi connectivity index (χ0n) is 9.91. The fourth-order valence-electron chi connectivity index (χ4n) is 1.63. The van der Waals surface area contributed by atoms with E-state index >= 15 is 0 Å². The SMILES string of the molecule is COC(=O)c1ccc(-c2ccc(C(F)(F)F)cc2)[nH]1. The standard InChI is InChI=1S/C13H10F3NO2/c1-19-12(18)11-7-6-10(17-11)8-2-4-9(5-3-8)13(14,15)16/h2-7,17H,1H3. The average molecular weight is 269 g/mol. The third-order valence-corrected chi connectivity index (χ3v) is 2.61. The van der Waals surface area contributed by atoms with Crippen molar-refractivity contribution in [2.45, 2.75) is 6.18 Å². The third-order valence-electron chi connectivity index (χ3n) is 2.61. The second-order valence-electron chi connectivity index (χ2n) is 3.85. The van der Waals surface area contributed by atoms with Gasteiger partial charge in [0.1, 0.15) is 5.69 Å². The van der Waals surface area contributed by atoms with Crippen molar-refractivity contribution in [3.8, 4) is 11.3 Å². The number of ether oxygens (including phenoxy) is 1. The number of methoxy groups -OCH3 is 1. The zero-order chi connectivity index (χ0) is 14.0. The highest BCUT2D eigenvalue weighted by Gasteiger charge is 2.30. The minimum absolute atomic E-state index is 0.248. The van der Waals surface area contributed by atoms with Crippen LogP contribution in [-0.2, 0) is 10.9 Å². The Labute approximate surface area is 107 Å². The minimum Gasteiger partial charge on any atom is -0.464 e. The first-order chi connectivity index (χ1) is 8.91. The molecular weight excluding hydrogens is 259 g/mol. The van der Waals surface area contributed by atoms with Gasteiger partial charge in [0.05, 0.1) is 12.7 Å². The largest absolute Gasteiger partial charge is 0.464 e. The highest BCUT2D eigenvalue weighted by molar-refractivity contribution is 5.88. The quantitative estimate of drug-likeness (QED) is 0.848. The number of hydrogen-bond acceptors (Lipinski definition) is 2. The molecule has 2 aromatic rings. The van der Waals surface area contributed by atoms with E-state index in [4.69, 9.17) is 0 Å². The van der Waals surface area contributed by atoms with Crippen molar-refractivity contribution in [3.63, 3.8) is 0 Å². The lowest BCUT2D eigenvalue weighted by Crippen LogP contribution is -2.04. The molecule has 0 aliphatic heterocycles. The molecule has 0 amide bonds. The van der Waals surface area contributed by atoms with Gasteiger partial charge in [-0.25, -0.2) is 4.79 Å². The van der Waals surface area contributed by atoms with E-state index in [2.05, 4.69) is 9.72 Å². The number of carbonyl (C=O) groups is 1. The van der Waals surface area contributed by atoms with Gasteiger partial charge in [-0.15, -0.1) is 0 Å². The third kappa shape index (κ3) is 2.78. The Morgan fingerprint density at radius 1 is 1.11 bits per heavy atom. The maximum Gasteiger partial charge on any atom is 0.416 e. The number of aromatic amines is 1. The number of nitrogens with one attached hydrogen (secondary N) is 1. The van der Waals surface area contributed by atoms with Crippen LogP contribution in [0, 0.1) is 0 Å². The smallest absolute Gasteiger partial charge is 0.416 e. The predicted octanol–water partition coefficient (Wildman–Crippen LogP) is 3.49. The highest BCUT2D eigenvalue weighted by atomic mass is 19.4. The van der Waals surface area contributed by atoms with Crippen molar-refractivity contribution in [2.75, 3.05) is 7.11 Å². The molecule has 3 nitrogen and oxygen atoms in total. The van der Waals surface area contributed by atoms with Crippen molar-refractivity contribution in [1.29, 1.82) is 0 Å². The van der Waals surface area contributed by atoms with Gasteiger partial charge in [-0.2, -0.15) is 13.2 Å². The Bertz CT molecular complexity index is 585. The molecule has 100 valence electrons. The number of carbonyl (C=O) groups excluding carboxylic acids is 1. The zero-order valence-corrected chi connectivity index (χ0v) is 9.91. The van der Waals surface area contributed by atoms with E-state index in [0.29, 0.717) is 11.3 Å². The van der Waals surface area contributed by atoms with Crippen molar-refractivity contribution < 1.29 is 22.7 Å². The summed E-state index contributed by atoms with van der Waals surface area (Å²) in [7, 11) is 1.25. The Balaban J connectivity index is 2.28. The van der Waals surface area contributed by atoms with Crippen LogP contribution in [0.4, 0.5) is 13.2 Å². The first-order valence-corrected chi connectivity index (χ1v) is 5.37. The van der Waals surface area contributed by atoms with Crippen molar-refractivity contribution in [2.24, 2.45) is 0 Å². The lowest BCUT2D eigenvalue weighted by Gasteiger charge is -2.06. The first kappa shape index (κ1) is 13.2. The van der Waals surface area contributed by atoms with E-state index in [9.17, 15) is 18.0 Å². The molecule has 0 bridgehead atoms. The van der Waals surface area contributed by atoms with E-state index in [1.54, 1.807) is 6.07 Å². The van der Waals surface area contributed by atoms with Crippen molar-refractivity contribution in [1.82, 2.24) is 4.98 Å². The molecule has 0 fully saturated rings. The van der Waals surface area contributed by atoms with E-state index in [0.717, 1.165) is 12.1 Å². The number of halogens is 3. The number of rotatable bonds is 2. The van der Waals surface area contributed by atoms with Crippen LogP contribution >= 0.6 is 0 Å². The van der Waals surface area contributed by atoms with Gasteiger partial charge in [0.2, 0.25) is 0 Å². The van der Waals surface area contributed by atoms with Crippen LogP contribution in [0.25, 0.3) is 11.3 Å². The number of alkyl halides is 3. The molecular formula is C13H10F3NO2. The van der Waals surface area contributed by atoms with Gasteiger partial charge in [0, 0.05) is 5.69 Å². The molecule has 2 rings (SSSR count). The predicted molar refractivity (Wildman–Crippen MR) is 62.6 cm³/mol. The Kier molecular flexibility index (Phi) is 3.33. The van der Waals surface area contributed by atoms with Gasteiger partial charge in [-0.3, -0.25) is 0 Å². The fraction of sp³-hybridized carbons (Fsp3) is 0.154. The molecule has 0 unspecified atom stereocenters. The monoisotopic (exact) mass is 269 g/mol. The molecule has 1 N–H and O–H groups in total. The van der Waals surface area contributed by atoms with Gasteiger partial charge in [-0.05, 0) is 29.8 Å². The van der Waals surface area contributed by atoms with Crippen LogP contribution in [0.3, 0.4) is 0 Å². The molecule has 0 aliphatic rings. The lowest BCUT2D eigenvalue weighted by atomic mass is 10.1. The average Bonchev–Trinajstić information content (AvgIpc) is 2.86. The summed E-state index contributed by atoms with van der Waals surface area (Å²) in [5.41, 5.74) is 0.644. The Morgan fingerprint density at radius 2 is 1.74 bits per heavy atom. The molecule has 0 radical (unpaired) electrons. The van der Waals surface area contributed by atoms with Crippen LogP contribution in [0.15, 0.2) is 36.4 Å². The second-order valence-corrected chi connectivity index (χ2v) is 3.85. The fourth-order valence-corrected chi connectivity index (χ4v) is 1.63. The maximum atomic E-state index is 12.4. The van der Waals surface area contributed by atoms with Crippen molar-refractivity contribution in [3.05, 3.63) is 47.7 Å². The molecule has 0 aliphatic carbocycles. The molecule has 19 heavy (non-hydrogen) atoms. The topological polar surface area (TPSA) is 42.1 Å². The molecule has 0 saturated heterocycles. The molecule has 1 aromatic heterocycles. The summed E-state index contributed by atoms with van der Waals surface area (Å²) in [6, 6.07) is 7.79. The van der Waals surface area contributed by atoms with Crippen LogP contribution in [0.2, 0.25) is 0 Å². The Hall–Kier alpha value is -2.24. The summed E-state index contributed by atoms with van der Waals surface area (Å²) >= 11 is 0. The number of hydrogen-bond donors (Lipinski definition) is 1. The summed E-state index contributed by atoms with van der Waals surface area (Å²) in [6.07, 6.45) is -4.36. The normalized spacial score (nSPS) is 11.4. The van der Waals surface area contributed by atoms with Gasteiger partial charge >= 0.3 is 12.1 Å². The summed E-state index contributed by atoms with van der Waals surface area (Å²) in [6.45, 7) is 0. The van der Waals surface area contributed by atoms with Crippen LogP contribution in [0.1, 0.15) is 16.1 Å². The number of aromatic nitrogens is 1. The molecule has 1 aromatic carbocycles. The van der Waals surface area contributed by atoms with Crippen LogP contribution in [-0.4, -0.2) is 18.1 Å². The molecule has 1 heterocycles.